The third-order valence-electron chi connectivity index (χ3n) is 5.59. The molecule has 15 heavy (non-hydrogen) atoms. The zero-order valence-electron chi connectivity index (χ0n) is 10.1. The summed E-state index contributed by atoms with van der Waals surface area (Å²) in [6.45, 7) is 0. The summed E-state index contributed by atoms with van der Waals surface area (Å²) in [4.78, 5) is 0. The van der Waals surface area contributed by atoms with E-state index in [1.165, 1.54) is 6.42 Å². The van der Waals surface area contributed by atoms with Gasteiger partial charge in [-0.2, -0.15) is 0 Å². The van der Waals surface area contributed by atoms with Crippen molar-refractivity contribution in [2.45, 2.75) is 70.6 Å². The minimum absolute atomic E-state index is 1.15. The first-order chi connectivity index (χ1) is 7.43. The van der Waals surface area contributed by atoms with Gasteiger partial charge in [0.15, 0.2) is 0 Å². The van der Waals surface area contributed by atoms with Crippen molar-refractivity contribution in [2.24, 2.45) is 23.7 Å². The van der Waals surface area contributed by atoms with Gasteiger partial charge in [0, 0.05) is 0 Å². The van der Waals surface area contributed by atoms with Gasteiger partial charge < -0.3 is 0 Å². The summed E-state index contributed by atoms with van der Waals surface area (Å²) in [6, 6.07) is 0. The van der Waals surface area contributed by atoms with E-state index in [2.05, 4.69) is 0 Å². The van der Waals surface area contributed by atoms with Gasteiger partial charge >= 0.3 is 0 Å². The molecule has 0 heteroatoms. The lowest BCUT2D eigenvalue weighted by Gasteiger charge is -2.41. The molecule has 0 bridgehead atoms. The second kappa shape index (κ2) is 4.47. The normalized spacial score (nSPS) is 31.2. The molecule has 1 unspecified atom stereocenters. The van der Waals surface area contributed by atoms with Crippen molar-refractivity contribution in [1.29, 1.82) is 0 Å². The van der Waals surface area contributed by atoms with Crippen LogP contribution in [0.25, 0.3) is 0 Å². The van der Waals surface area contributed by atoms with Crippen LogP contribution in [-0.2, 0) is 0 Å². The van der Waals surface area contributed by atoms with Crippen molar-refractivity contribution in [2.75, 3.05) is 0 Å². The fraction of sp³-hybridized carbons (Fsp3) is 1.00. The molecule has 3 rings (SSSR count). The Morgan fingerprint density at radius 3 is 1.60 bits per heavy atom. The van der Waals surface area contributed by atoms with Gasteiger partial charge in [-0.3, -0.25) is 0 Å². The lowest BCUT2D eigenvalue weighted by Crippen LogP contribution is -2.30. The van der Waals surface area contributed by atoms with E-state index in [1.807, 2.05) is 0 Å². The predicted molar refractivity (Wildman–Crippen MR) is 64.7 cm³/mol. The van der Waals surface area contributed by atoms with Gasteiger partial charge in [0.05, 0.1) is 0 Å². The molecule has 0 aliphatic heterocycles. The monoisotopic (exact) mass is 206 g/mol. The van der Waals surface area contributed by atoms with Crippen LogP contribution in [0.15, 0.2) is 0 Å². The summed E-state index contributed by atoms with van der Waals surface area (Å²) < 4.78 is 0. The summed E-state index contributed by atoms with van der Waals surface area (Å²) >= 11 is 0. The standard InChI is InChI=1S/C15H26/c1-2-8-13(7-1)15(14-9-4-10-14)11-12-5-3-6-12/h12-15H,1-11H2. The van der Waals surface area contributed by atoms with Crippen LogP contribution in [0.2, 0.25) is 0 Å². The van der Waals surface area contributed by atoms with Gasteiger partial charge in [0.1, 0.15) is 0 Å². The second-order valence-corrected chi connectivity index (χ2v) is 6.43. The van der Waals surface area contributed by atoms with Crippen LogP contribution in [0.3, 0.4) is 0 Å². The van der Waals surface area contributed by atoms with Gasteiger partial charge in [-0.15, -0.1) is 0 Å². The topological polar surface area (TPSA) is 0 Å². The fourth-order valence-electron chi connectivity index (χ4n) is 4.14. The van der Waals surface area contributed by atoms with Crippen LogP contribution in [0.5, 0.6) is 0 Å². The Bertz CT molecular complexity index is 194. The number of hydrogen-bond donors (Lipinski definition) is 0. The van der Waals surface area contributed by atoms with Crippen molar-refractivity contribution >= 4 is 0 Å². The molecule has 0 heterocycles. The molecule has 3 saturated carbocycles. The van der Waals surface area contributed by atoms with E-state index in [0.29, 0.717) is 0 Å². The SMILES string of the molecule is C1CC(CC(C2CCCC2)C2CCC2)C1. The fourth-order valence-corrected chi connectivity index (χ4v) is 4.14. The van der Waals surface area contributed by atoms with Crippen LogP contribution < -0.4 is 0 Å². The zero-order valence-corrected chi connectivity index (χ0v) is 10.1. The summed E-state index contributed by atoms with van der Waals surface area (Å²) in [5.41, 5.74) is 0. The highest BCUT2D eigenvalue weighted by Gasteiger charge is 2.36. The Morgan fingerprint density at radius 1 is 0.667 bits per heavy atom. The molecule has 0 amide bonds. The quantitative estimate of drug-likeness (QED) is 0.621. The van der Waals surface area contributed by atoms with E-state index in [0.717, 1.165) is 23.7 Å². The average Bonchev–Trinajstić information content (AvgIpc) is 2.57. The summed E-state index contributed by atoms with van der Waals surface area (Å²) in [5.74, 6) is 4.62. The maximum absolute atomic E-state index is 1.62. The highest BCUT2D eigenvalue weighted by atomic mass is 14.4. The first-order valence-corrected chi connectivity index (χ1v) is 7.43. The van der Waals surface area contributed by atoms with Crippen molar-refractivity contribution < 1.29 is 0 Å². The third kappa shape index (κ3) is 2.10. The van der Waals surface area contributed by atoms with Crippen molar-refractivity contribution in [3.63, 3.8) is 0 Å². The molecule has 0 nitrogen and oxygen atoms in total. The maximum atomic E-state index is 1.62. The lowest BCUT2D eigenvalue weighted by atomic mass is 9.64. The van der Waals surface area contributed by atoms with Crippen LogP contribution in [0.4, 0.5) is 0 Å². The Labute approximate surface area is 94.8 Å². The summed E-state index contributed by atoms with van der Waals surface area (Å²) in [6.07, 6.45) is 17.2. The largest absolute Gasteiger partial charge is 0.0530 e. The van der Waals surface area contributed by atoms with E-state index >= 15 is 0 Å². The van der Waals surface area contributed by atoms with Gasteiger partial charge in [-0.1, -0.05) is 64.2 Å². The summed E-state index contributed by atoms with van der Waals surface area (Å²) in [5, 5.41) is 0. The van der Waals surface area contributed by atoms with E-state index in [9.17, 15) is 0 Å². The predicted octanol–water partition coefficient (Wildman–Crippen LogP) is 4.78. The van der Waals surface area contributed by atoms with Gasteiger partial charge in [-0.25, -0.2) is 0 Å². The highest BCUT2D eigenvalue weighted by molar-refractivity contribution is 4.87. The molecule has 0 radical (unpaired) electrons. The molecule has 0 aromatic heterocycles. The maximum Gasteiger partial charge on any atom is -0.0355 e. The van der Waals surface area contributed by atoms with E-state index in [-0.39, 0.29) is 0 Å². The second-order valence-electron chi connectivity index (χ2n) is 6.43. The Kier molecular flexibility index (Phi) is 3.03. The molecule has 3 aliphatic rings. The number of hydrogen-bond acceptors (Lipinski definition) is 0. The molecular weight excluding hydrogens is 180 g/mol. The van der Waals surface area contributed by atoms with Gasteiger partial charge in [-0.05, 0) is 30.1 Å². The smallest absolute Gasteiger partial charge is 0.0355 e. The molecule has 0 aromatic carbocycles. The number of rotatable bonds is 4. The summed E-state index contributed by atoms with van der Waals surface area (Å²) in [7, 11) is 0. The van der Waals surface area contributed by atoms with Crippen molar-refractivity contribution in [1.82, 2.24) is 0 Å². The molecule has 86 valence electrons. The Morgan fingerprint density at radius 2 is 1.20 bits per heavy atom. The molecule has 3 fully saturated rings. The Hall–Kier alpha value is 0. The molecule has 1 atom stereocenters. The highest BCUT2D eigenvalue weighted by Crippen LogP contribution is 2.48. The molecular formula is C15H26. The van der Waals surface area contributed by atoms with Crippen molar-refractivity contribution in [3.8, 4) is 0 Å². The minimum atomic E-state index is 1.15. The average molecular weight is 206 g/mol. The molecule has 3 aliphatic carbocycles. The van der Waals surface area contributed by atoms with Crippen LogP contribution in [-0.4, -0.2) is 0 Å². The van der Waals surface area contributed by atoms with Gasteiger partial charge in [0.25, 0.3) is 0 Å². The lowest BCUT2D eigenvalue weighted by molar-refractivity contribution is 0.0977. The van der Waals surface area contributed by atoms with Crippen molar-refractivity contribution in [3.05, 3.63) is 0 Å². The van der Waals surface area contributed by atoms with E-state index in [4.69, 9.17) is 0 Å². The first kappa shape index (κ1) is 10.2. The van der Waals surface area contributed by atoms with E-state index in [1.54, 1.807) is 64.2 Å². The van der Waals surface area contributed by atoms with Crippen LogP contribution >= 0.6 is 0 Å². The van der Waals surface area contributed by atoms with Crippen LogP contribution in [0.1, 0.15) is 70.6 Å². The zero-order chi connectivity index (χ0) is 10.1. The first-order valence-electron chi connectivity index (χ1n) is 7.43. The Balaban J connectivity index is 1.58. The van der Waals surface area contributed by atoms with Gasteiger partial charge in [0.2, 0.25) is 0 Å². The minimum Gasteiger partial charge on any atom is -0.0530 e. The third-order valence-corrected chi connectivity index (χ3v) is 5.59. The molecule has 0 N–H and O–H groups in total. The molecule has 0 spiro atoms. The molecule has 0 saturated heterocycles. The molecule has 0 aromatic rings. The van der Waals surface area contributed by atoms with E-state index < -0.39 is 0 Å². The van der Waals surface area contributed by atoms with Crippen LogP contribution in [0, 0.1) is 23.7 Å².